The largest absolute Gasteiger partial charge is 0.388 e. The fourth-order valence-corrected chi connectivity index (χ4v) is 3.27. The smallest absolute Gasteiger partial charge is 0.220 e. The summed E-state index contributed by atoms with van der Waals surface area (Å²) >= 11 is 0. The van der Waals surface area contributed by atoms with Crippen LogP contribution >= 0.6 is 0 Å². The van der Waals surface area contributed by atoms with Crippen LogP contribution in [-0.4, -0.2) is 54.4 Å². The summed E-state index contributed by atoms with van der Waals surface area (Å²) in [6, 6.07) is 0. The average Bonchev–Trinajstić information content (AvgIpc) is 2.36. The Labute approximate surface area is 115 Å². The molecule has 2 rings (SSSR count). The van der Waals surface area contributed by atoms with E-state index in [0.29, 0.717) is 13.0 Å². The van der Waals surface area contributed by atoms with Gasteiger partial charge in [0, 0.05) is 19.8 Å². The molecule has 0 spiro atoms. The van der Waals surface area contributed by atoms with Crippen LogP contribution in [-0.2, 0) is 9.53 Å². The minimum Gasteiger partial charge on any atom is -0.388 e. The van der Waals surface area contributed by atoms with Gasteiger partial charge in [-0.15, -0.1) is 0 Å². The summed E-state index contributed by atoms with van der Waals surface area (Å²) in [5.74, 6) is 0.341. The monoisotopic (exact) mass is 270 g/mol. The van der Waals surface area contributed by atoms with Crippen LogP contribution in [0.5, 0.6) is 0 Å². The maximum atomic E-state index is 11.0. The highest BCUT2D eigenvalue weighted by Gasteiger charge is 2.34. The Bertz CT molecular complexity index is 305. The number of hydrogen-bond donors (Lipinski definition) is 2. The average molecular weight is 270 g/mol. The van der Waals surface area contributed by atoms with E-state index in [2.05, 4.69) is 4.90 Å². The number of carbonyl (C=O) groups is 1. The summed E-state index contributed by atoms with van der Waals surface area (Å²) in [5.41, 5.74) is 4.31. The fraction of sp³-hybridized carbons (Fsp3) is 0.929. The van der Waals surface area contributed by atoms with Gasteiger partial charge in [-0.3, -0.25) is 4.79 Å². The van der Waals surface area contributed by atoms with E-state index in [1.54, 1.807) is 0 Å². The fourth-order valence-electron chi connectivity index (χ4n) is 3.27. The van der Waals surface area contributed by atoms with E-state index in [9.17, 15) is 9.90 Å². The molecule has 0 bridgehead atoms. The zero-order valence-electron chi connectivity index (χ0n) is 11.6. The first kappa shape index (κ1) is 14.8. The molecule has 0 aromatic rings. The lowest BCUT2D eigenvalue weighted by Gasteiger charge is -2.39. The quantitative estimate of drug-likeness (QED) is 0.763. The Hall–Kier alpha value is -0.650. The number of ether oxygens (including phenoxy) is 1. The van der Waals surface area contributed by atoms with Crippen LogP contribution in [0.25, 0.3) is 0 Å². The number of primary amides is 1. The highest BCUT2D eigenvalue weighted by atomic mass is 16.5. The van der Waals surface area contributed by atoms with Crippen LogP contribution in [0, 0.1) is 5.92 Å². The minimum absolute atomic E-state index is 0.0841. The Balaban J connectivity index is 1.75. The number of carbonyl (C=O) groups excluding carboxylic acids is 1. The van der Waals surface area contributed by atoms with Gasteiger partial charge in [-0.2, -0.15) is 0 Å². The highest BCUT2D eigenvalue weighted by molar-refractivity contribution is 5.75. The molecule has 0 aromatic carbocycles. The summed E-state index contributed by atoms with van der Waals surface area (Å²) in [6.45, 7) is 4.38. The molecule has 110 valence electrons. The molecule has 2 fully saturated rings. The maximum absolute atomic E-state index is 11.0. The second-order valence-electron chi connectivity index (χ2n) is 6.09. The van der Waals surface area contributed by atoms with Gasteiger partial charge in [-0.1, -0.05) is 0 Å². The first-order valence-corrected chi connectivity index (χ1v) is 7.38. The number of nitrogens with two attached hydrogens (primary N) is 1. The van der Waals surface area contributed by atoms with Crippen molar-refractivity contribution in [2.75, 3.05) is 32.8 Å². The maximum Gasteiger partial charge on any atom is 0.220 e. The molecule has 1 amide bonds. The van der Waals surface area contributed by atoms with Crippen molar-refractivity contribution < 1.29 is 14.6 Å². The third-order valence-electron chi connectivity index (χ3n) is 4.33. The van der Waals surface area contributed by atoms with Crippen molar-refractivity contribution in [1.29, 1.82) is 0 Å². The van der Waals surface area contributed by atoms with E-state index >= 15 is 0 Å². The molecular weight excluding hydrogens is 244 g/mol. The topological polar surface area (TPSA) is 75.8 Å². The van der Waals surface area contributed by atoms with Gasteiger partial charge >= 0.3 is 0 Å². The molecule has 1 atom stereocenters. The normalized spacial score (nSPS) is 30.4. The van der Waals surface area contributed by atoms with E-state index in [4.69, 9.17) is 10.5 Å². The molecule has 0 aliphatic carbocycles. The lowest BCUT2D eigenvalue weighted by atomic mass is 9.88. The van der Waals surface area contributed by atoms with Crippen molar-refractivity contribution in [3.8, 4) is 0 Å². The van der Waals surface area contributed by atoms with Gasteiger partial charge in [0.2, 0.25) is 5.91 Å². The standard InChI is InChI=1S/C14H26N2O3/c15-13(17)10-14(18)5-1-6-16(11-14)7-2-12-3-8-19-9-4-12/h12,18H,1-11H2,(H2,15,17). The van der Waals surface area contributed by atoms with Crippen molar-refractivity contribution in [1.82, 2.24) is 4.90 Å². The second kappa shape index (κ2) is 6.68. The molecule has 0 saturated carbocycles. The molecule has 5 heteroatoms. The van der Waals surface area contributed by atoms with Crippen molar-refractivity contribution in [3.63, 3.8) is 0 Å². The van der Waals surface area contributed by atoms with Gasteiger partial charge in [0.1, 0.15) is 0 Å². The van der Waals surface area contributed by atoms with Gasteiger partial charge in [-0.25, -0.2) is 0 Å². The number of likely N-dealkylation sites (tertiary alicyclic amines) is 1. The summed E-state index contributed by atoms with van der Waals surface area (Å²) in [7, 11) is 0. The van der Waals surface area contributed by atoms with Gasteiger partial charge in [0.05, 0.1) is 12.0 Å². The molecule has 5 nitrogen and oxygen atoms in total. The van der Waals surface area contributed by atoms with Crippen LogP contribution in [0.1, 0.15) is 38.5 Å². The first-order chi connectivity index (χ1) is 9.07. The summed E-state index contributed by atoms with van der Waals surface area (Å²) in [6.07, 6.45) is 5.18. The number of amides is 1. The molecule has 2 saturated heterocycles. The Morgan fingerprint density at radius 1 is 1.42 bits per heavy atom. The molecule has 2 heterocycles. The van der Waals surface area contributed by atoms with Crippen LogP contribution < -0.4 is 5.73 Å². The highest BCUT2D eigenvalue weighted by Crippen LogP contribution is 2.26. The molecule has 3 N–H and O–H groups in total. The van der Waals surface area contributed by atoms with Crippen molar-refractivity contribution in [2.45, 2.75) is 44.1 Å². The number of hydrogen-bond acceptors (Lipinski definition) is 4. The third-order valence-corrected chi connectivity index (χ3v) is 4.33. The molecule has 1 unspecified atom stereocenters. The number of rotatable bonds is 5. The molecule has 0 radical (unpaired) electrons. The summed E-state index contributed by atoms with van der Waals surface area (Å²) < 4.78 is 5.36. The predicted molar refractivity (Wildman–Crippen MR) is 72.6 cm³/mol. The molecule has 2 aliphatic rings. The summed E-state index contributed by atoms with van der Waals surface area (Å²) in [5, 5.41) is 10.4. The van der Waals surface area contributed by atoms with E-state index in [1.165, 1.54) is 0 Å². The van der Waals surface area contributed by atoms with Crippen molar-refractivity contribution >= 4 is 5.91 Å². The molecular formula is C14H26N2O3. The first-order valence-electron chi connectivity index (χ1n) is 7.38. The lowest BCUT2D eigenvalue weighted by molar-refractivity contribution is -0.125. The zero-order chi connectivity index (χ0) is 13.7. The van der Waals surface area contributed by atoms with Crippen LogP contribution in [0.3, 0.4) is 0 Å². The van der Waals surface area contributed by atoms with E-state index in [1.807, 2.05) is 0 Å². The number of aliphatic hydroxyl groups is 1. The Morgan fingerprint density at radius 3 is 2.84 bits per heavy atom. The van der Waals surface area contributed by atoms with Gasteiger partial charge in [0.15, 0.2) is 0 Å². The summed E-state index contributed by atoms with van der Waals surface area (Å²) in [4.78, 5) is 13.3. The predicted octanol–water partition coefficient (Wildman–Crippen LogP) is 0.505. The van der Waals surface area contributed by atoms with E-state index in [-0.39, 0.29) is 6.42 Å². The van der Waals surface area contributed by atoms with Crippen molar-refractivity contribution in [2.24, 2.45) is 11.7 Å². The number of piperidine rings is 1. The lowest BCUT2D eigenvalue weighted by Crippen LogP contribution is -2.50. The van der Waals surface area contributed by atoms with Crippen LogP contribution in [0.15, 0.2) is 0 Å². The van der Waals surface area contributed by atoms with Crippen LogP contribution in [0.4, 0.5) is 0 Å². The molecule has 2 aliphatic heterocycles. The minimum atomic E-state index is -0.903. The van der Waals surface area contributed by atoms with Gasteiger partial charge in [0.25, 0.3) is 0 Å². The SMILES string of the molecule is NC(=O)CC1(O)CCCN(CCC2CCOCC2)C1. The third kappa shape index (κ3) is 4.75. The zero-order valence-corrected chi connectivity index (χ0v) is 11.6. The number of nitrogens with zero attached hydrogens (tertiary/aromatic N) is 1. The number of β-amino-alcohol motifs (C(OH)–C–C–N with tert-alkyl or cyclic N) is 1. The Kier molecular flexibility index (Phi) is 5.19. The second-order valence-corrected chi connectivity index (χ2v) is 6.09. The van der Waals surface area contributed by atoms with Gasteiger partial charge < -0.3 is 20.5 Å². The van der Waals surface area contributed by atoms with E-state index in [0.717, 1.165) is 57.9 Å². The van der Waals surface area contributed by atoms with Gasteiger partial charge in [-0.05, 0) is 51.1 Å². The molecule has 19 heavy (non-hydrogen) atoms. The molecule has 0 aromatic heterocycles. The van der Waals surface area contributed by atoms with E-state index < -0.39 is 11.5 Å². The van der Waals surface area contributed by atoms with Crippen molar-refractivity contribution in [3.05, 3.63) is 0 Å². The van der Waals surface area contributed by atoms with Crippen LogP contribution in [0.2, 0.25) is 0 Å². The Morgan fingerprint density at radius 2 is 2.16 bits per heavy atom.